The van der Waals surface area contributed by atoms with Crippen molar-refractivity contribution in [2.45, 2.75) is 13.5 Å². The zero-order chi connectivity index (χ0) is 21.8. The van der Waals surface area contributed by atoms with E-state index in [-0.39, 0.29) is 5.91 Å². The van der Waals surface area contributed by atoms with Crippen LogP contribution in [0.25, 0.3) is 22.7 Å². The fourth-order valence-electron chi connectivity index (χ4n) is 3.49. The first-order chi connectivity index (χ1) is 15.0. The number of aryl methyl sites for hydroxylation is 1. The predicted octanol–water partition coefficient (Wildman–Crippen LogP) is 4.41. The van der Waals surface area contributed by atoms with Crippen LogP contribution >= 0.6 is 0 Å². The Kier molecular flexibility index (Phi) is 5.80. The first-order valence-electron chi connectivity index (χ1n) is 10.00. The van der Waals surface area contributed by atoms with E-state index in [0.717, 1.165) is 33.4 Å². The van der Waals surface area contributed by atoms with Crippen molar-refractivity contribution in [3.8, 4) is 11.4 Å². The zero-order valence-corrected chi connectivity index (χ0v) is 17.8. The number of fused-ring (bicyclic) bond motifs is 1. The number of para-hydroxylation sites is 1. The van der Waals surface area contributed by atoms with Crippen LogP contribution < -0.4 is 4.74 Å². The summed E-state index contributed by atoms with van der Waals surface area (Å²) in [5.41, 5.74) is 4.71. The van der Waals surface area contributed by atoms with E-state index in [0.29, 0.717) is 12.3 Å². The largest absolute Gasteiger partial charge is 0.495 e. The van der Waals surface area contributed by atoms with Crippen molar-refractivity contribution in [1.82, 2.24) is 19.4 Å². The van der Waals surface area contributed by atoms with Gasteiger partial charge in [-0.15, -0.1) is 0 Å². The minimum Gasteiger partial charge on any atom is -0.495 e. The van der Waals surface area contributed by atoms with E-state index < -0.39 is 0 Å². The maximum atomic E-state index is 12.7. The van der Waals surface area contributed by atoms with Crippen molar-refractivity contribution in [1.29, 1.82) is 0 Å². The summed E-state index contributed by atoms with van der Waals surface area (Å²) in [7, 11) is 3.43. The van der Waals surface area contributed by atoms with Crippen LogP contribution in [0.2, 0.25) is 0 Å². The second kappa shape index (κ2) is 8.83. The number of pyridine rings is 1. The van der Waals surface area contributed by atoms with Gasteiger partial charge in [0.2, 0.25) is 5.91 Å². The third-order valence-electron chi connectivity index (χ3n) is 5.14. The number of carbonyl (C=O) groups excluding carboxylic acids is 1. The normalized spacial score (nSPS) is 11.2. The average Bonchev–Trinajstić information content (AvgIpc) is 3.23. The molecule has 0 unspecified atom stereocenters. The lowest BCUT2D eigenvalue weighted by molar-refractivity contribution is -0.125. The Bertz CT molecular complexity index is 1250. The third-order valence-corrected chi connectivity index (χ3v) is 5.14. The molecule has 0 saturated carbocycles. The number of aromatic nitrogens is 3. The number of nitrogens with zero attached hydrogens (tertiary/aromatic N) is 4. The average molecular weight is 412 g/mol. The van der Waals surface area contributed by atoms with Gasteiger partial charge < -0.3 is 14.2 Å². The smallest absolute Gasteiger partial charge is 0.246 e. The Morgan fingerprint density at radius 3 is 2.77 bits per heavy atom. The number of carbonyl (C=O) groups is 1. The van der Waals surface area contributed by atoms with E-state index in [2.05, 4.69) is 9.97 Å². The molecule has 2 aromatic heterocycles. The summed E-state index contributed by atoms with van der Waals surface area (Å²) >= 11 is 0. The van der Waals surface area contributed by atoms with Gasteiger partial charge in [-0.3, -0.25) is 9.78 Å². The van der Waals surface area contributed by atoms with Crippen LogP contribution in [-0.4, -0.2) is 39.5 Å². The van der Waals surface area contributed by atoms with Crippen LogP contribution in [0.1, 0.15) is 16.8 Å². The number of ether oxygens (including phenoxy) is 1. The van der Waals surface area contributed by atoms with Gasteiger partial charge in [0.25, 0.3) is 0 Å². The number of amides is 1. The van der Waals surface area contributed by atoms with E-state index in [4.69, 9.17) is 4.74 Å². The predicted molar refractivity (Wildman–Crippen MR) is 122 cm³/mol. The minimum absolute atomic E-state index is 0.0748. The monoisotopic (exact) mass is 412 g/mol. The van der Waals surface area contributed by atoms with Crippen molar-refractivity contribution in [3.63, 3.8) is 0 Å². The molecule has 0 aliphatic carbocycles. The molecule has 0 bridgehead atoms. The second-order valence-electron chi connectivity index (χ2n) is 7.37. The summed E-state index contributed by atoms with van der Waals surface area (Å²) in [6.07, 6.45) is 8.86. The summed E-state index contributed by atoms with van der Waals surface area (Å²) in [6.45, 7) is 2.45. The van der Waals surface area contributed by atoms with Gasteiger partial charge in [-0.2, -0.15) is 0 Å². The van der Waals surface area contributed by atoms with Crippen LogP contribution in [0.4, 0.5) is 0 Å². The standard InChI is InChI=1S/C25H24N4O2/c1-18-15-29(17-27-18)23-10-8-19(14-24(23)31-3)9-11-25(30)28(2)16-20-12-13-26-22-7-5-4-6-21(20)22/h4-15,17H,16H2,1-3H3. The second-order valence-corrected chi connectivity index (χ2v) is 7.37. The number of benzene rings is 2. The lowest BCUT2D eigenvalue weighted by Crippen LogP contribution is -2.24. The highest BCUT2D eigenvalue weighted by Gasteiger charge is 2.10. The number of imidazole rings is 1. The first kappa shape index (κ1) is 20.3. The Morgan fingerprint density at radius 2 is 2.00 bits per heavy atom. The van der Waals surface area contributed by atoms with Crippen LogP contribution in [0, 0.1) is 6.92 Å². The molecule has 6 heteroatoms. The summed E-state index contributed by atoms with van der Waals surface area (Å²) < 4.78 is 7.46. The first-order valence-corrected chi connectivity index (χ1v) is 10.00. The molecule has 2 heterocycles. The molecular formula is C25H24N4O2. The molecule has 0 radical (unpaired) electrons. The van der Waals surface area contributed by atoms with Gasteiger partial charge in [-0.25, -0.2) is 4.98 Å². The van der Waals surface area contributed by atoms with Crippen LogP contribution in [0.15, 0.2) is 73.3 Å². The van der Waals surface area contributed by atoms with Gasteiger partial charge in [-0.05, 0) is 48.4 Å². The molecule has 1 amide bonds. The van der Waals surface area contributed by atoms with E-state index >= 15 is 0 Å². The lowest BCUT2D eigenvalue weighted by Gasteiger charge is -2.16. The maximum Gasteiger partial charge on any atom is 0.246 e. The van der Waals surface area contributed by atoms with Crippen molar-refractivity contribution in [2.24, 2.45) is 0 Å². The zero-order valence-electron chi connectivity index (χ0n) is 17.8. The Balaban J connectivity index is 1.49. The fourth-order valence-corrected chi connectivity index (χ4v) is 3.49. The van der Waals surface area contributed by atoms with Crippen molar-refractivity contribution in [3.05, 3.63) is 90.1 Å². The Labute approximate surface area is 181 Å². The molecule has 31 heavy (non-hydrogen) atoms. The molecule has 0 spiro atoms. The Morgan fingerprint density at radius 1 is 1.16 bits per heavy atom. The summed E-state index contributed by atoms with van der Waals surface area (Å²) in [5, 5.41) is 1.06. The summed E-state index contributed by atoms with van der Waals surface area (Å²) in [5.74, 6) is 0.637. The molecule has 0 N–H and O–H groups in total. The van der Waals surface area contributed by atoms with Gasteiger partial charge in [0, 0.05) is 37.4 Å². The Hall–Kier alpha value is -3.93. The maximum absolute atomic E-state index is 12.7. The topological polar surface area (TPSA) is 60.2 Å². The lowest BCUT2D eigenvalue weighted by atomic mass is 10.1. The molecule has 6 nitrogen and oxygen atoms in total. The SMILES string of the molecule is COc1cc(C=CC(=O)N(C)Cc2ccnc3ccccc23)ccc1-n1cnc(C)c1. The summed E-state index contributed by atoms with van der Waals surface area (Å²) in [4.78, 5) is 23.0. The number of hydrogen-bond donors (Lipinski definition) is 0. The molecule has 0 aliphatic heterocycles. The number of hydrogen-bond acceptors (Lipinski definition) is 4. The molecule has 0 fully saturated rings. The van der Waals surface area contributed by atoms with Crippen LogP contribution in [0.5, 0.6) is 5.75 Å². The molecular weight excluding hydrogens is 388 g/mol. The van der Waals surface area contributed by atoms with Gasteiger partial charge in [0.05, 0.1) is 30.3 Å². The van der Waals surface area contributed by atoms with Gasteiger partial charge in [0.15, 0.2) is 0 Å². The van der Waals surface area contributed by atoms with E-state index in [1.165, 1.54) is 0 Å². The van der Waals surface area contributed by atoms with Gasteiger partial charge >= 0.3 is 0 Å². The molecule has 4 rings (SSSR count). The molecule has 2 aromatic carbocycles. The number of methoxy groups -OCH3 is 1. The highest BCUT2D eigenvalue weighted by atomic mass is 16.5. The molecule has 156 valence electrons. The molecule has 0 atom stereocenters. The van der Waals surface area contributed by atoms with E-state index in [9.17, 15) is 4.79 Å². The third kappa shape index (κ3) is 4.48. The van der Waals surface area contributed by atoms with E-state index in [1.807, 2.05) is 66.2 Å². The fraction of sp³-hybridized carbons (Fsp3) is 0.160. The minimum atomic E-state index is -0.0748. The van der Waals surface area contributed by atoms with Crippen molar-refractivity contribution in [2.75, 3.05) is 14.2 Å². The van der Waals surface area contributed by atoms with Gasteiger partial charge in [0.1, 0.15) is 5.75 Å². The van der Waals surface area contributed by atoms with Crippen LogP contribution in [0.3, 0.4) is 0 Å². The van der Waals surface area contributed by atoms with Gasteiger partial charge in [-0.1, -0.05) is 24.3 Å². The quantitative estimate of drug-likeness (QED) is 0.440. The van der Waals surface area contributed by atoms with E-state index in [1.54, 1.807) is 43.7 Å². The van der Waals surface area contributed by atoms with Crippen molar-refractivity contribution < 1.29 is 9.53 Å². The highest BCUT2D eigenvalue weighted by molar-refractivity contribution is 5.92. The highest BCUT2D eigenvalue weighted by Crippen LogP contribution is 2.25. The number of likely N-dealkylation sites (N-methyl/N-ethyl adjacent to an activating group) is 1. The van der Waals surface area contributed by atoms with Crippen molar-refractivity contribution >= 4 is 22.9 Å². The number of rotatable bonds is 6. The molecule has 0 saturated heterocycles. The molecule has 4 aromatic rings. The molecule has 0 aliphatic rings. The summed E-state index contributed by atoms with van der Waals surface area (Å²) in [6, 6.07) is 15.7. The van der Waals surface area contributed by atoms with Crippen LogP contribution in [-0.2, 0) is 11.3 Å².